The van der Waals surface area contributed by atoms with E-state index in [1.165, 1.54) is 17.5 Å². The predicted octanol–water partition coefficient (Wildman–Crippen LogP) is 4.16. The minimum atomic E-state index is 0.0813. The Morgan fingerprint density at radius 1 is 1.00 bits per heavy atom. The van der Waals surface area contributed by atoms with E-state index in [4.69, 9.17) is 0 Å². The second-order valence-corrected chi connectivity index (χ2v) is 10.3. The number of hydrogen-bond donors (Lipinski definition) is 0. The van der Waals surface area contributed by atoms with Gasteiger partial charge in [0.05, 0.1) is 17.0 Å². The molecular formula is C27H39N5O. The molecule has 2 aliphatic heterocycles. The molecule has 2 aromatic rings. The molecule has 1 aromatic carbocycles. The van der Waals surface area contributed by atoms with E-state index in [-0.39, 0.29) is 11.4 Å². The second-order valence-electron chi connectivity index (χ2n) is 10.3. The molecule has 0 aliphatic carbocycles. The van der Waals surface area contributed by atoms with Gasteiger partial charge in [0, 0.05) is 50.3 Å². The van der Waals surface area contributed by atoms with E-state index < -0.39 is 0 Å². The summed E-state index contributed by atoms with van der Waals surface area (Å²) in [7, 11) is 0. The number of benzene rings is 1. The molecule has 3 heterocycles. The molecular weight excluding hydrogens is 409 g/mol. The molecule has 0 saturated carbocycles. The van der Waals surface area contributed by atoms with E-state index in [2.05, 4.69) is 71.7 Å². The number of rotatable bonds is 4. The van der Waals surface area contributed by atoms with Crippen molar-refractivity contribution in [1.29, 1.82) is 0 Å². The third-order valence-corrected chi connectivity index (χ3v) is 8.07. The minimum Gasteiger partial charge on any atom is -0.338 e. The number of piperidine rings is 1. The van der Waals surface area contributed by atoms with Crippen molar-refractivity contribution in [2.45, 2.75) is 72.0 Å². The normalized spacial score (nSPS) is 22.8. The summed E-state index contributed by atoms with van der Waals surface area (Å²) in [4.78, 5) is 29.0. The summed E-state index contributed by atoms with van der Waals surface area (Å²) >= 11 is 0. The van der Waals surface area contributed by atoms with Crippen LogP contribution >= 0.6 is 0 Å². The van der Waals surface area contributed by atoms with Gasteiger partial charge in [0.2, 0.25) is 0 Å². The highest BCUT2D eigenvalue weighted by atomic mass is 16.1. The van der Waals surface area contributed by atoms with Crippen LogP contribution in [0.4, 0.5) is 0 Å². The Kier molecular flexibility index (Phi) is 6.87. The van der Waals surface area contributed by atoms with Crippen LogP contribution in [0.2, 0.25) is 0 Å². The number of aryl methyl sites for hydroxylation is 3. The Balaban J connectivity index is 1.37. The lowest BCUT2D eigenvalue weighted by Crippen LogP contribution is -2.62. The number of hydrogen-bond acceptors (Lipinski definition) is 5. The zero-order chi connectivity index (χ0) is 23.8. The topological polar surface area (TPSA) is 52.6 Å². The second kappa shape index (κ2) is 9.51. The fourth-order valence-electron chi connectivity index (χ4n) is 5.64. The average molecular weight is 449 g/mol. The fourth-order valence-corrected chi connectivity index (χ4v) is 5.64. The third kappa shape index (κ3) is 4.82. The van der Waals surface area contributed by atoms with Crippen LogP contribution in [0.3, 0.4) is 0 Å². The summed E-state index contributed by atoms with van der Waals surface area (Å²) in [5.74, 6) is 0.0813. The largest absolute Gasteiger partial charge is 0.338 e. The third-order valence-electron chi connectivity index (χ3n) is 8.07. The van der Waals surface area contributed by atoms with E-state index in [0.717, 1.165) is 57.0 Å². The first-order valence-corrected chi connectivity index (χ1v) is 12.3. The van der Waals surface area contributed by atoms with Crippen LogP contribution in [0.1, 0.15) is 72.5 Å². The lowest BCUT2D eigenvalue weighted by atomic mass is 9.78. The maximum absolute atomic E-state index is 13.2. The molecule has 0 unspecified atom stereocenters. The summed E-state index contributed by atoms with van der Waals surface area (Å²) in [6.07, 6.45) is 3.55. The van der Waals surface area contributed by atoms with Gasteiger partial charge >= 0.3 is 0 Å². The number of amides is 1. The first kappa shape index (κ1) is 23.8. The molecule has 0 N–H and O–H groups in total. The van der Waals surface area contributed by atoms with E-state index >= 15 is 0 Å². The van der Waals surface area contributed by atoms with E-state index in [0.29, 0.717) is 17.6 Å². The molecule has 2 fully saturated rings. The molecule has 2 atom stereocenters. The zero-order valence-corrected chi connectivity index (χ0v) is 21.1. The van der Waals surface area contributed by atoms with Gasteiger partial charge in [-0.2, -0.15) is 0 Å². The molecule has 1 amide bonds. The standard InChI is InChI=1S/C27H39N5O/c1-19-7-9-24(10-8-19)23(5)32-16-15-31(17-20(32)2)27(6)11-13-30(14-12-27)26(33)25-21(3)28-18-29-22(25)4/h7-10,18,20,23H,11-17H2,1-6H3/t20-,23-/m0/s1/i26-1. The highest BCUT2D eigenvalue weighted by Gasteiger charge is 2.40. The van der Waals surface area contributed by atoms with E-state index in [1.54, 1.807) is 0 Å². The Labute approximate surface area is 199 Å². The van der Waals surface area contributed by atoms with Gasteiger partial charge in [-0.1, -0.05) is 29.8 Å². The molecule has 0 spiro atoms. The van der Waals surface area contributed by atoms with Crippen LogP contribution < -0.4 is 0 Å². The van der Waals surface area contributed by atoms with Gasteiger partial charge in [-0.25, -0.2) is 9.97 Å². The maximum atomic E-state index is 13.2. The Morgan fingerprint density at radius 2 is 1.61 bits per heavy atom. The molecule has 2 aliphatic rings. The van der Waals surface area contributed by atoms with Crippen molar-refractivity contribution < 1.29 is 4.79 Å². The van der Waals surface area contributed by atoms with Crippen LogP contribution in [-0.4, -0.2) is 74.9 Å². The number of piperazine rings is 1. The highest BCUT2D eigenvalue weighted by molar-refractivity contribution is 5.96. The highest BCUT2D eigenvalue weighted by Crippen LogP contribution is 2.33. The van der Waals surface area contributed by atoms with Crippen LogP contribution in [0, 0.1) is 20.8 Å². The SMILES string of the molecule is Cc1ccc([C@H](C)N2CCN(C3(C)CCN([11C](=O)c4c(C)ncnc4C)CC3)C[C@@H]2C)cc1. The first-order chi connectivity index (χ1) is 15.7. The smallest absolute Gasteiger partial charge is 0.257 e. The molecule has 2 saturated heterocycles. The molecule has 0 bridgehead atoms. The van der Waals surface area contributed by atoms with Crippen LogP contribution in [-0.2, 0) is 0 Å². The van der Waals surface area contributed by atoms with Crippen molar-refractivity contribution in [3.8, 4) is 0 Å². The average Bonchev–Trinajstić information content (AvgIpc) is 2.79. The Morgan fingerprint density at radius 3 is 2.18 bits per heavy atom. The van der Waals surface area contributed by atoms with Gasteiger partial charge < -0.3 is 4.90 Å². The predicted molar refractivity (Wildman–Crippen MR) is 132 cm³/mol. The van der Waals surface area contributed by atoms with Gasteiger partial charge in [-0.3, -0.25) is 14.6 Å². The molecule has 178 valence electrons. The summed E-state index contributed by atoms with van der Waals surface area (Å²) in [5.41, 5.74) is 5.07. The van der Waals surface area contributed by atoms with Crippen molar-refractivity contribution in [2.75, 3.05) is 32.7 Å². The number of likely N-dealkylation sites (tertiary alicyclic amines) is 1. The lowest BCUT2D eigenvalue weighted by molar-refractivity contribution is -0.0278. The molecule has 6 nitrogen and oxygen atoms in total. The molecule has 0 radical (unpaired) electrons. The number of carbonyl (C=O) groups excluding carboxylic acids is 1. The summed E-state index contributed by atoms with van der Waals surface area (Å²) in [6.45, 7) is 17.8. The number of carbonyl (C=O) groups is 1. The number of nitrogens with zero attached hydrogens (tertiary/aromatic N) is 5. The van der Waals surface area contributed by atoms with E-state index in [1.807, 2.05) is 18.7 Å². The summed E-state index contributed by atoms with van der Waals surface area (Å²) in [5, 5.41) is 0. The summed E-state index contributed by atoms with van der Waals surface area (Å²) < 4.78 is 0. The van der Waals surface area contributed by atoms with Gasteiger partial charge in [0.1, 0.15) is 6.33 Å². The Bertz CT molecular complexity index is 960. The van der Waals surface area contributed by atoms with Gasteiger partial charge in [-0.05, 0) is 59.9 Å². The quantitative estimate of drug-likeness (QED) is 0.703. The van der Waals surface area contributed by atoms with Crippen molar-refractivity contribution in [1.82, 2.24) is 24.7 Å². The van der Waals surface area contributed by atoms with Crippen LogP contribution in [0.15, 0.2) is 30.6 Å². The molecule has 6 heteroatoms. The van der Waals surface area contributed by atoms with Crippen molar-refractivity contribution in [3.63, 3.8) is 0 Å². The van der Waals surface area contributed by atoms with Gasteiger partial charge in [-0.15, -0.1) is 0 Å². The van der Waals surface area contributed by atoms with Crippen LogP contribution in [0.5, 0.6) is 0 Å². The zero-order valence-electron chi connectivity index (χ0n) is 21.1. The van der Waals surface area contributed by atoms with Gasteiger partial charge in [0.25, 0.3) is 5.91 Å². The van der Waals surface area contributed by atoms with Crippen molar-refractivity contribution >= 4 is 5.91 Å². The fraction of sp³-hybridized carbons (Fsp3) is 0.593. The molecule has 4 rings (SSSR count). The number of aromatic nitrogens is 2. The maximum Gasteiger partial charge on any atom is 0.257 e. The minimum absolute atomic E-state index is 0.0813. The van der Waals surface area contributed by atoms with E-state index in [9.17, 15) is 4.79 Å². The van der Waals surface area contributed by atoms with Crippen molar-refractivity contribution in [2.24, 2.45) is 0 Å². The molecule has 33 heavy (non-hydrogen) atoms. The lowest BCUT2D eigenvalue weighted by Gasteiger charge is -2.52. The molecule has 1 aromatic heterocycles. The first-order valence-electron chi connectivity index (χ1n) is 12.3. The summed E-state index contributed by atoms with van der Waals surface area (Å²) in [6, 6.07) is 9.90. The monoisotopic (exact) mass is 448 g/mol. The van der Waals surface area contributed by atoms with Gasteiger partial charge in [0.15, 0.2) is 0 Å². The van der Waals surface area contributed by atoms with Crippen LogP contribution in [0.25, 0.3) is 0 Å². The van der Waals surface area contributed by atoms with Crippen molar-refractivity contribution in [3.05, 3.63) is 58.7 Å². The Hall–Kier alpha value is -2.31.